The highest BCUT2D eigenvalue weighted by molar-refractivity contribution is 5.84. The summed E-state index contributed by atoms with van der Waals surface area (Å²) in [6.45, 7) is 1.32. The molecule has 0 aliphatic heterocycles. The SMILES string of the molecule is CC(=O)Oc1ccc(-c2cc(=O)c3c(O)cccc3o2)cc1. The van der Waals surface area contributed by atoms with Gasteiger partial charge in [-0.25, -0.2) is 0 Å². The standard InChI is InChI=1S/C17H12O5/c1-10(18)21-12-7-5-11(6-8-12)16-9-14(20)17-13(19)3-2-4-15(17)22-16/h2-9,19H,1H3. The molecule has 0 aliphatic carbocycles. The van der Waals surface area contributed by atoms with Crippen molar-refractivity contribution in [2.45, 2.75) is 6.92 Å². The van der Waals surface area contributed by atoms with Crippen molar-refractivity contribution >= 4 is 16.9 Å². The Morgan fingerprint density at radius 2 is 1.86 bits per heavy atom. The van der Waals surface area contributed by atoms with Crippen molar-refractivity contribution in [1.29, 1.82) is 0 Å². The Labute approximate surface area is 125 Å². The van der Waals surface area contributed by atoms with Crippen LogP contribution in [0.3, 0.4) is 0 Å². The Morgan fingerprint density at radius 1 is 1.14 bits per heavy atom. The van der Waals surface area contributed by atoms with Crippen LogP contribution in [-0.2, 0) is 4.79 Å². The number of ether oxygens (including phenoxy) is 1. The Balaban J connectivity index is 2.07. The van der Waals surface area contributed by atoms with E-state index in [4.69, 9.17) is 9.15 Å². The lowest BCUT2D eigenvalue weighted by Crippen LogP contribution is -2.01. The molecular weight excluding hydrogens is 284 g/mol. The van der Waals surface area contributed by atoms with E-state index < -0.39 is 5.97 Å². The zero-order valence-electron chi connectivity index (χ0n) is 11.7. The zero-order valence-corrected chi connectivity index (χ0v) is 11.7. The largest absolute Gasteiger partial charge is 0.507 e. The lowest BCUT2D eigenvalue weighted by molar-refractivity contribution is -0.131. The smallest absolute Gasteiger partial charge is 0.308 e. The Hall–Kier alpha value is -3.08. The maximum atomic E-state index is 12.1. The topological polar surface area (TPSA) is 76.7 Å². The second-order valence-corrected chi connectivity index (χ2v) is 4.74. The quantitative estimate of drug-likeness (QED) is 0.581. The molecule has 5 heteroatoms. The van der Waals surface area contributed by atoms with E-state index in [2.05, 4.69) is 0 Å². The lowest BCUT2D eigenvalue weighted by Gasteiger charge is -2.05. The molecule has 5 nitrogen and oxygen atoms in total. The molecule has 0 fully saturated rings. The summed E-state index contributed by atoms with van der Waals surface area (Å²) in [4.78, 5) is 23.0. The van der Waals surface area contributed by atoms with Gasteiger partial charge in [-0.2, -0.15) is 0 Å². The zero-order chi connectivity index (χ0) is 15.7. The van der Waals surface area contributed by atoms with Crippen LogP contribution in [0, 0.1) is 0 Å². The fraction of sp³-hybridized carbons (Fsp3) is 0.0588. The monoisotopic (exact) mass is 296 g/mol. The predicted octanol–water partition coefficient (Wildman–Crippen LogP) is 3.09. The van der Waals surface area contributed by atoms with Crippen LogP contribution < -0.4 is 10.2 Å². The van der Waals surface area contributed by atoms with Gasteiger partial charge in [0.05, 0.1) is 0 Å². The summed E-state index contributed by atoms with van der Waals surface area (Å²) in [6.07, 6.45) is 0. The first kappa shape index (κ1) is 13.9. The molecule has 0 atom stereocenters. The first-order valence-corrected chi connectivity index (χ1v) is 6.59. The maximum Gasteiger partial charge on any atom is 0.308 e. The van der Waals surface area contributed by atoms with Gasteiger partial charge < -0.3 is 14.3 Å². The van der Waals surface area contributed by atoms with Gasteiger partial charge in [-0.3, -0.25) is 9.59 Å². The van der Waals surface area contributed by atoms with E-state index in [1.807, 2.05) is 0 Å². The van der Waals surface area contributed by atoms with Gasteiger partial charge in [0, 0.05) is 18.6 Å². The molecule has 1 N–H and O–H groups in total. The maximum absolute atomic E-state index is 12.1. The van der Waals surface area contributed by atoms with Gasteiger partial charge in [0.15, 0.2) is 5.43 Å². The van der Waals surface area contributed by atoms with E-state index in [0.717, 1.165) is 0 Å². The molecule has 0 saturated heterocycles. The summed E-state index contributed by atoms with van der Waals surface area (Å²) in [5, 5.41) is 9.88. The predicted molar refractivity (Wildman–Crippen MR) is 80.9 cm³/mol. The van der Waals surface area contributed by atoms with Crippen molar-refractivity contribution in [2.75, 3.05) is 0 Å². The minimum absolute atomic E-state index is 0.108. The number of phenolic OH excluding ortho intramolecular Hbond substituents is 1. The second kappa shape index (κ2) is 5.37. The van der Waals surface area contributed by atoms with Crippen LogP contribution >= 0.6 is 0 Å². The number of aromatic hydroxyl groups is 1. The van der Waals surface area contributed by atoms with E-state index >= 15 is 0 Å². The van der Waals surface area contributed by atoms with Crippen molar-refractivity contribution in [3.8, 4) is 22.8 Å². The van der Waals surface area contributed by atoms with Gasteiger partial charge in [0.1, 0.15) is 28.2 Å². The number of benzene rings is 2. The van der Waals surface area contributed by atoms with Crippen LogP contribution in [0.1, 0.15) is 6.92 Å². The van der Waals surface area contributed by atoms with Gasteiger partial charge in [-0.15, -0.1) is 0 Å². The van der Waals surface area contributed by atoms with Gasteiger partial charge in [-0.05, 0) is 36.4 Å². The van der Waals surface area contributed by atoms with E-state index in [1.165, 1.54) is 19.1 Å². The number of carbonyl (C=O) groups excluding carboxylic acids is 1. The van der Waals surface area contributed by atoms with Gasteiger partial charge >= 0.3 is 5.97 Å². The highest BCUT2D eigenvalue weighted by atomic mass is 16.5. The molecule has 0 spiro atoms. The molecule has 0 radical (unpaired) electrons. The first-order valence-electron chi connectivity index (χ1n) is 6.59. The van der Waals surface area contributed by atoms with Crippen molar-refractivity contribution in [2.24, 2.45) is 0 Å². The Morgan fingerprint density at radius 3 is 2.55 bits per heavy atom. The van der Waals surface area contributed by atoms with Crippen LogP contribution in [0.25, 0.3) is 22.3 Å². The summed E-state index contributed by atoms with van der Waals surface area (Å²) >= 11 is 0. The van der Waals surface area contributed by atoms with Crippen molar-refractivity contribution in [3.63, 3.8) is 0 Å². The Kier molecular flexibility index (Phi) is 3.39. The Bertz CT molecular complexity index is 906. The number of carbonyl (C=O) groups is 1. The molecule has 0 aliphatic rings. The van der Waals surface area contributed by atoms with Crippen molar-refractivity contribution < 1.29 is 19.1 Å². The fourth-order valence-corrected chi connectivity index (χ4v) is 2.19. The van der Waals surface area contributed by atoms with Crippen LogP contribution in [0.5, 0.6) is 11.5 Å². The first-order chi connectivity index (χ1) is 10.5. The summed E-state index contributed by atoms with van der Waals surface area (Å²) in [5.41, 5.74) is 0.656. The lowest BCUT2D eigenvalue weighted by atomic mass is 10.1. The number of hydrogen-bond acceptors (Lipinski definition) is 5. The molecule has 3 rings (SSSR count). The molecule has 0 bridgehead atoms. The van der Waals surface area contributed by atoms with E-state index in [9.17, 15) is 14.7 Å². The molecule has 3 aromatic rings. The van der Waals surface area contributed by atoms with Crippen LogP contribution in [-0.4, -0.2) is 11.1 Å². The second-order valence-electron chi connectivity index (χ2n) is 4.74. The van der Waals surface area contributed by atoms with Crippen molar-refractivity contribution in [3.05, 3.63) is 58.8 Å². The van der Waals surface area contributed by atoms with E-state index in [0.29, 0.717) is 22.7 Å². The third-order valence-corrected chi connectivity index (χ3v) is 3.13. The number of phenols is 1. The highest BCUT2D eigenvalue weighted by Gasteiger charge is 2.10. The average molecular weight is 296 g/mol. The van der Waals surface area contributed by atoms with Gasteiger partial charge in [0.25, 0.3) is 0 Å². The van der Waals surface area contributed by atoms with E-state index in [-0.39, 0.29) is 16.6 Å². The minimum Gasteiger partial charge on any atom is -0.507 e. The van der Waals surface area contributed by atoms with Crippen LogP contribution in [0.15, 0.2) is 57.7 Å². The molecule has 1 heterocycles. The molecule has 0 saturated carbocycles. The molecule has 1 aromatic heterocycles. The highest BCUT2D eigenvalue weighted by Crippen LogP contribution is 2.27. The average Bonchev–Trinajstić information content (AvgIpc) is 2.47. The molecule has 2 aromatic carbocycles. The molecule has 110 valence electrons. The normalized spacial score (nSPS) is 10.6. The molecular formula is C17H12O5. The third-order valence-electron chi connectivity index (χ3n) is 3.13. The summed E-state index contributed by atoms with van der Waals surface area (Å²) in [5.74, 6) is 0.276. The van der Waals surface area contributed by atoms with Gasteiger partial charge in [0.2, 0.25) is 0 Å². The van der Waals surface area contributed by atoms with Crippen molar-refractivity contribution in [1.82, 2.24) is 0 Å². The third kappa shape index (κ3) is 2.56. The van der Waals surface area contributed by atoms with Gasteiger partial charge in [-0.1, -0.05) is 6.07 Å². The van der Waals surface area contributed by atoms with Crippen LogP contribution in [0.4, 0.5) is 0 Å². The van der Waals surface area contributed by atoms with Crippen LogP contribution in [0.2, 0.25) is 0 Å². The number of esters is 1. The number of fused-ring (bicyclic) bond motifs is 1. The number of hydrogen-bond donors (Lipinski definition) is 1. The number of rotatable bonds is 2. The summed E-state index contributed by atoms with van der Waals surface area (Å²) in [7, 11) is 0. The minimum atomic E-state index is -0.402. The van der Waals surface area contributed by atoms with E-state index in [1.54, 1.807) is 36.4 Å². The summed E-state index contributed by atoms with van der Waals surface area (Å²) < 4.78 is 10.6. The fourth-order valence-electron chi connectivity index (χ4n) is 2.19. The summed E-state index contributed by atoms with van der Waals surface area (Å²) in [6, 6.07) is 12.6. The molecule has 0 unspecified atom stereocenters. The molecule has 0 amide bonds. The molecule has 22 heavy (non-hydrogen) atoms.